The number of carbonyl (C=O) groups excluding carboxylic acids is 1. The van der Waals surface area contributed by atoms with E-state index in [9.17, 15) is 4.79 Å². The van der Waals surface area contributed by atoms with E-state index in [2.05, 4.69) is 12.2 Å². The van der Waals surface area contributed by atoms with E-state index >= 15 is 0 Å². The van der Waals surface area contributed by atoms with Gasteiger partial charge in [-0.1, -0.05) is 19.1 Å². The maximum absolute atomic E-state index is 13.3. The van der Waals surface area contributed by atoms with Gasteiger partial charge in [0.05, 0.1) is 17.7 Å². The van der Waals surface area contributed by atoms with Crippen molar-refractivity contribution in [1.29, 1.82) is 0 Å². The van der Waals surface area contributed by atoms with Crippen LogP contribution in [0.15, 0.2) is 24.3 Å². The van der Waals surface area contributed by atoms with E-state index in [0.29, 0.717) is 6.61 Å². The van der Waals surface area contributed by atoms with Gasteiger partial charge in [-0.15, -0.1) is 0 Å². The van der Waals surface area contributed by atoms with Crippen molar-refractivity contribution in [3.8, 4) is 5.75 Å². The molecule has 1 atom stereocenters. The highest BCUT2D eigenvalue weighted by atomic mass is 16.5. The highest BCUT2D eigenvalue weighted by Crippen LogP contribution is 2.37. The van der Waals surface area contributed by atoms with Gasteiger partial charge in [-0.2, -0.15) is 0 Å². The first-order valence-electron chi connectivity index (χ1n) is 8.01. The lowest BCUT2D eigenvalue weighted by Gasteiger charge is -2.39. The Bertz CT molecular complexity index is 509. The maximum atomic E-state index is 13.3. The van der Waals surface area contributed by atoms with E-state index in [1.807, 2.05) is 29.2 Å². The summed E-state index contributed by atoms with van der Waals surface area (Å²) in [6.45, 7) is 5.37. The van der Waals surface area contributed by atoms with Crippen LogP contribution in [0.2, 0.25) is 0 Å². The number of hydrogen-bond donors (Lipinski definition) is 1. The number of para-hydroxylation sites is 2. The molecule has 114 valence electrons. The van der Waals surface area contributed by atoms with E-state index in [0.717, 1.165) is 56.8 Å². The van der Waals surface area contributed by atoms with E-state index in [-0.39, 0.29) is 11.3 Å². The molecule has 4 nitrogen and oxygen atoms in total. The molecule has 21 heavy (non-hydrogen) atoms. The number of hydrogen-bond acceptors (Lipinski definition) is 3. The zero-order valence-corrected chi connectivity index (χ0v) is 12.7. The van der Waals surface area contributed by atoms with E-state index in [1.54, 1.807) is 0 Å². The molecule has 4 heteroatoms. The van der Waals surface area contributed by atoms with E-state index in [1.165, 1.54) is 0 Å². The zero-order chi connectivity index (χ0) is 14.7. The first-order valence-corrected chi connectivity index (χ1v) is 8.01. The second-order valence-electron chi connectivity index (χ2n) is 6.04. The molecule has 0 saturated carbocycles. The molecule has 2 aliphatic heterocycles. The van der Waals surface area contributed by atoms with Crippen molar-refractivity contribution in [1.82, 2.24) is 5.32 Å². The molecule has 1 aromatic rings. The molecule has 0 bridgehead atoms. The van der Waals surface area contributed by atoms with Crippen LogP contribution in [0.5, 0.6) is 5.75 Å². The highest BCUT2D eigenvalue weighted by molar-refractivity contribution is 5.99. The molecule has 2 heterocycles. The topological polar surface area (TPSA) is 41.6 Å². The SMILES string of the molecule is CCC1(C(=O)N2CCCOc3ccccc32)CCCNC1. The van der Waals surface area contributed by atoms with Gasteiger partial charge < -0.3 is 15.0 Å². The van der Waals surface area contributed by atoms with Crippen molar-refractivity contribution in [3.63, 3.8) is 0 Å². The van der Waals surface area contributed by atoms with Crippen LogP contribution in [-0.4, -0.2) is 32.1 Å². The number of nitrogens with one attached hydrogen (secondary N) is 1. The molecule has 1 unspecified atom stereocenters. The molecule has 2 aliphatic rings. The van der Waals surface area contributed by atoms with Gasteiger partial charge in [0.15, 0.2) is 0 Å². The van der Waals surface area contributed by atoms with Crippen LogP contribution in [0, 0.1) is 5.41 Å². The number of piperidine rings is 1. The average molecular weight is 288 g/mol. The molecule has 1 N–H and O–H groups in total. The Morgan fingerprint density at radius 1 is 1.38 bits per heavy atom. The lowest BCUT2D eigenvalue weighted by Crippen LogP contribution is -2.52. The summed E-state index contributed by atoms with van der Waals surface area (Å²) in [5, 5.41) is 3.41. The minimum atomic E-state index is -0.254. The van der Waals surface area contributed by atoms with Crippen molar-refractivity contribution in [2.75, 3.05) is 31.1 Å². The summed E-state index contributed by atoms with van der Waals surface area (Å²) in [5.41, 5.74) is 0.675. The van der Waals surface area contributed by atoms with E-state index in [4.69, 9.17) is 4.74 Å². The molecule has 1 amide bonds. The van der Waals surface area contributed by atoms with Gasteiger partial charge in [-0.25, -0.2) is 0 Å². The summed E-state index contributed by atoms with van der Waals surface area (Å²) in [6.07, 6.45) is 3.83. The lowest BCUT2D eigenvalue weighted by molar-refractivity contribution is -0.129. The molecule has 0 radical (unpaired) electrons. The van der Waals surface area contributed by atoms with Gasteiger partial charge in [0.1, 0.15) is 5.75 Å². The zero-order valence-electron chi connectivity index (χ0n) is 12.7. The average Bonchev–Trinajstić information content (AvgIpc) is 2.77. The third-order valence-electron chi connectivity index (χ3n) is 4.79. The number of rotatable bonds is 2. The third kappa shape index (κ3) is 2.64. The van der Waals surface area contributed by atoms with E-state index < -0.39 is 0 Å². The number of nitrogens with zero attached hydrogens (tertiary/aromatic N) is 1. The Labute approximate surface area is 126 Å². The van der Waals surface area contributed by atoms with Gasteiger partial charge in [0.25, 0.3) is 0 Å². The molecule has 1 fully saturated rings. The molecule has 3 rings (SSSR count). The Morgan fingerprint density at radius 3 is 3.00 bits per heavy atom. The minimum absolute atomic E-state index is 0.254. The molecular formula is C17H24N2O2. The summed E-state index contributed by atoms with van der Waals surface area (Å²) in [6, 6.07) is 7.90. The summed E-state index contributed by atoms with van der Waals surface area (Å²) < 4.78 is 5.77. The Hall–Kier alpha value is -1.55. The number of amides is 1. The fourth-order valence-corrected chi connectivity index (χ4v) is 3.43. The number of fused-ring (bicyclic) bond motifs is 1. The molecule has 1 aromatic carbocycles. The summed E-state index contributed by atoms with van der Waals surface area (Å²) in [4.78, 5) is 15.2. The Kier molecular flexibility index (Phi) is 4.15. The van der Waals surface area contributed by atoms with Crippen molar-refractivity contribution < 1.29 is 9.53 Å². The first-order chi connectivity index (χ1) is 10.3. The minimum Gasteiger partial charge on any atom is -0.491 e. The second-order valence-corrected chi connectivity index (χ2v) is 6.04. The predicted octanol–water partition coefficient (Wildman–Crippen LogP) is 2.58. The molecule has 0 aromatic heterocycles. The van der Waals surface area contributed by atoms with Gasteiger partial charge in [0, 0.05) is 13.1 Å². The van der Waals surface area contributed by atoms with Gasteiger partial charge in [-0.05, 0) is 44.4 Å². The quantitative estimate of drug-likeness (QED) is 0.909. The monoisotopic (exact) mass is 288 g/mol. The number of ether oxygens (including phenoxy) is 1. The summed E-state index contributed by atoms with van der Waals surface area (Å²) in [7, 11) is 0. The molecular weight excluding hydrogens is 264 g/mol. The predicted molar refractivity (Wildman–Crippen MR) is 83.7 cm³/mol. The van der Waals surface area contributed by atoms with Crippen LogP contribution in [0.1, 0.15) is 32.6 Å². The number of anilines is 1. The van der Waals surface area contributed by atoms with Crippen LogP contribution in [0.25, 0.3) is 0 Å². The Morgan fingerprint density at radius 2 is 2.24 bits per heavy atom. The number of benzene rings is 1. The maximum Gasteiger partial charge on any atom is 0.234 e. The van der Waals surface area contributed by atoms with Gasteiger partial charge >= 0.3 is 0 Å². The fraction of sp³-hybridized carbons (Fsp3) is 0.588. The van der Waals surface area contributed by atoms with Crippen LogP contribution in [-0.2, 0) is 4.79 Å². The standard InChI is InChI=1S/C17H24N2O2/c1-2-17(9-5-10-18-13-17)16(20)19-11-6-12-21-15-8-4-3-7-14(15)19/h3-4,7-8,18H,2,5-6,9-13H2,1H3. The Balaban J connectivity index is 1.93. The highest BCUT2D eigenvalue weighted by Gasteiger charge is 2.41. The van der Waals surface area contributed by atoms with Crippen LogP contribution >= 0.6 is 0 Å². The fourth-order valence-electron chi connectivity index (χ4n) is 3.43. The smallest absolute Gasteiger partial charge is 0.234 e. The molecule has 0 aliphatic carbocycles. The summed E-state index contributed by atoms with van der Waals surface area (Å²) >= 11 is 0. The van der Waals surface area contributed by atoms with Crippen LogP contribution in [0.4, 0.5) is 5.69 Å². The number of carbonyl (C=O) groups is 1. The van der Waals surface area contributed by atoms with Crippen molar-refractivity contribution in [2.45, 2.75) is 32.6 Å². The largest absolute Gasteiger partial charge is 0.491 e. The van der Waals surface area contributed by atoms with Crippen molar-refractivity contribution in [3.05, 3.63) is 24.3 Å². The van der Waals surface area contributed by atoms with Crippen molar-refractivity contribution >= 4 is 11.6 Å². The third-order valence-corrected chi connectivity index (χ3v) is 4.79. The molecule has 1 saturated heterocycles. The normalized spacial score (nSPS) is 25.7. The second kappa shape index (κ2) is 6.06. The summed E-state index contributed by atoms with van der Waals surface area (Å²) in [5.74, 6) is 1.09. The molecule has 0 spiro atoms. The first kappa shape index (κ1) is 14.4. The van der Waals surface area contributed by atoms with Crippen LogP contribution in [0.3, 0.4) is 0 Å². The van der Waals surface area contributed by atoms with Crippen molar-refractivity contribution in [2.24, 2.45) is 5.41 Å². The van der Waals surface area contributed by atoms with Gasteiger partial charge in [0.2, 0.25) is 5.91 Å². The van der Waals surface area contributed by atoms with Crippen LogP contribution < -0.4 is 15.0 Å². The lowest BCUT2D eigenvalue weighted by atomic mass is 9.77. The van der Waals surface area contributed by atoms with Gasteiger partial charge in [-0.3, -0.25) is 4.79 Å².